The summed E-state index contributed by atoms with van der Waals surface area (Å²) >= 11 is 5.65. The van der Waals surface area contributed by atoms with Gasteiger partial charge in [-0.3, -0.25) is 9.67 Å². The molecule has 10 heteroatoms. The summed E-state index contributed by atoms with van der Waals surface area (Å²) in [5.74, 6) is 0. The van der Waals surface area contributed by atoms with Gasteiger partial charge in [0.2, 0.25) is 0 Å². The number of rotatable bonds is 7. The molecule has 0 saturated heterocycles. The number of hydrogen-bond donors (Lipinski definition) is 2. The van der Waals surface area contributed by atoms with E-state index in [2.05, 4.69) is 22.2 Å². The Labute approximate surface area is 210 Å². The number of hydrogen-bond acceptors (Lipinski definition) is 3. The number of alkyl halides is 3. The van der Waals surface area contributed by atoms with Crippen LogP contribution >= 0.6 is 11.6 Å². The van der Waals surface area contributed by atoms with Crippen molar-refractivity contribution in [3.63, 3.8) is 0 Å². The Kier molecular flexibility index (Phi) is 7.40. The molecule has 2 N–H and O–H groups in total. The van der Waals surface area contributed by atoms with Gasteiger partial charge in [-0.25, -0.2) is 4.79 Å². The highest BCUT2D eigenvalue weighted by Gasteiger charge is 2.33. The second-order valence-corrected chi connectivity index (χ2v) is 8.23. The fourth-order valence-electron chi connectivity index (χ4n) is 3.57. The van der Waals surface area contributed by atoms with E-state index >= 15 is 0 Å². The molecule has 184 valence electrons. The van der Waals surface area contributed by atoms with E-state index in [0.717, 1.165) is 35.2 Å². The molecule has 6 nitrogen and oxygen atoms in total. The third kappa shape index (κ3) is 5.92. The predicted molar refractivity (Wildman–Crippen MR) is 135 cm³/mol. The zero-order valence-corrected chi connectivity index (χ0v) is 19.6. The van der Waals surface area contributed by atoms with Gasteiger partial charge in [-0.15, -0.1) is 6.58 Å². The van der Waals surface area contributed by atoms with Crippen LogP contribution in [0.15, 0.2) is 85.8 Å². The molecule has 4 rings (SSSR count). The van der Waals surface area contributed by atoms with Crippen LogP contribution in [0, 0.1) is 0 Å². The van der Waals surface area contributed by atoms with Crippen LogP contribution < -0.4 is 10.6 Å². The van der Waals surface area contributed by atoms with Crippen LogP contribution in [0.1, 0.15) is 12.0 Å². The Bertz CT molecular complexity index is 1390. The standard InChI is InChI=1S/C26H21ClF3N5O/c1-2-3-13-35-16-21(17-9-11-31-12-10-17)24(34-35)18-5-4-6-19(14-18)32-25(36)33-20-7-8-23(27)22(15-20)26(28,29)30/h2,4-12,14-16H,1,3,13H2,(H2,32,33,36). The third-order valence-corrected chi connectivity index (χ3v) is 5.57. The number of benzene rings is 2. The average Bonchev–Trinajstić information content (AvgIpc) is 3.28. The quantitative estimate of drug-likeness (QED) is 0.252. The van der Waals surface area contributed by atoms with E-state index < -0.39 is 22.8 Å². The lowest BCUT2D eigenvalue weighted by Crippen LogP contribution is -2.20. The van der Waals surface area contributed by atoms with Crippen LogP contribution in [0.5, 0.6) is 0 Å². The zero-order chi connectivity index (χ0) is 25.7. The second kappa shape index (κ2) is 10.7. The number of pyridine rings is 1. The Morgan fingerprint density at radius 2 is 1.75 bits per heavy atom. The summed E-state index contributed by atoms with van der Waals surface area (Å²) in [5, 5.41) is 9.34. The number of halogens is 4. The first kappa shape index (κ1) is 25.0. The third-order valence-electron chi connectivity index (χ3n) is 5.24. The minimum Gasteiger partial charge on any atom is -0.308 e. The van der Waals surface area contributed by atoms with Gasteiger partial charge >= 0.3 is 12.2 Å². The molecular weight excluding hydrogens is 491 g/mol. The molecule has 0 aliphatic rings. The molecule has 0 fully saturated rings. The Morgan fingerprint density at radius 1 is 1.03 bits per heavy atom. The monoisotopic (exact) mass is 511 g/mol. The van der Waals surface area contributed by atoms with E-state index in [1.54, 1.807) is 30.6 Å². The van der Waals surface area contributed by atoms with Crippen molar-refractivity contribution in [3.05, 3.63) is 96.4 Å². The normalized spacial score (nSPS) is 11.2. The summed E-state index contributed by atoms with van der Waals surface area (Å²) in [7, 11) is 0. The van der Waals surface area contributed by atoms with Crippen molar-refractivity contribution < 1.29 is 18.0 Å². The lowest BCUT2D eigenvalue weighted by atomic mass is 10.0. The molecule has 0 saturated carbocycles. The highest BCUT2D eigenvalue weighted by Crippen LogP contribution is 2.36. The molecule has 4 aromatic rings. The number of amides is 2. The van der Waals surface area contributed by atoms with Gasteiger partial charge in [-0.1, -0.05) is 29.8 Å². The van der Waals surface area contributed by atoms with Crippen molar-refractivity contribution in [2.75, 3.05) is 10.6 Å². The van der Waals surface area contributed by atoms with Crippen LogP contribution in [-0.2, 0) is 12.7 Å². The van der Waals surface area contributed by atoms with E-state index in [1.807, 2.05) is 35.2 Å². The van der Waals surface area contributed by atoms with Crippen molar-refractivity contribution >= 4 is 29.0 Å². The molecule has 0 atom stereocenters. The van der Waals surface area contributed by atoms with Gasteiger partial charge in [0.15, 0.2) is 0 Å². The first-order valence-electron chi connectivity index (χ1n) is 10.9. The van der Waals surface area contributed by atoms with Crippen molar-refractivity contribution in [3.8, 4) is 22.4 Å². The first-order chi connectivity index (χ1) is 17.2. The number of aryl methyl sites for hydroxylation is 1. The van der Waals surface area contributed by atoms with E-state index in [0.29, 0.717) is 17.9 Å². The smallest absolute Gasteiger partial charge is 0.308 e. The largest absolute Gasteiger partial charge is 0.417 e. The van der Waals surface area contributed by atoms with Gasteiger partial charge in [-0.05, 0) is 54.4 Å². The number of nitrogens with one attached hydrogen (secondary N) is 2. The Morgan fingerprint density at radius 3 is 2.44 bits per heavy atom. The topological polar surface area (TPSA) is 71.8 Å². The first-order valence-corrected chi connectivity index (χ1v) is 11.3. The maximum atomic E-state index is 13.1. The van der Waals surface area contributed by atoms with Gasteiger partial charge in [0.05, 0.1) is 10.6 Å². The molecule has 0 radical (unpaired) electrons. The fraction of sp³-hybridized carbons (Fsp3) is 0.115. The Hall–Kier alpha value is -4.11. The van der Waals surface area contributed by atoms with Crippen LogP contribution in [0.3, 0.4) is 0 Å². The van der Waals surface area contributed by atoms with Gasteiger partial charge in [-0.2, -0.15) is 18.3 Å². The predicted octanol–water partition coefficient (Wildman–Crippen LogP) is 7.50. The molecular formula is C26H21ClF3N5O. The van der Waals surface area contributed by atoms with Crippen molar-refractivity contribution in [2.24, 2.45) is 0 Å². The maximum Gasteiger partial charge on any atom is 0.417 e. The molecule has 0 aliphatic carbocycles. The lowest BCUT2D eigenvalue weighted by Gasteiger charge is -2.13. The van der Waals surface area contributed by atoms with E-state index in [-0.39, 0.29) is 5.69 Å². The highest BCUT2D eigenvalue weighted by atomic mass is 35.5. The highest BCUT2D eigenvalue weighted by molar-refractivity contribution is 6.31. The number of allylic oxidation sites excluding steroid dienone is 1. The maximum absolute atomic E-state index is 13.1. The summed E-state index contributed by atoms with van der Waals surface area (Å²) in [6.45, 7) is 4.41. The van der Waals surface area contributed by atoms with E-state index in [4.69, 9.17) is 16.7 Å². The summed E-state index contributed by atoms with van der Waals surface area (Å²) in [6, 6.07) is 13.3. The van der Waals surface area contributed by atoms with Crippen LogP contribution in [0.4, 0.5) is 29.3 Å². The zero-order valence-electron chi connectivity index (χ0n) is 18.9. The summed E-state index contributed by atoms with van der Waals surface area (Å²) in [6.07, 6.45) is 3.27. The summed E-state index contributed by atoms with van der Waals surface area (Å²) in [4.78, 5) is 16.6. The number of anilines is 2. The fourth-order valence-corrected chi connectivity index (χ4v) is 3.80. The molecule has 2 aromatic carbocycles. The van der Waals surface area contributed by atoms with Crippen LogP contribution in [0.25, 0.3) is 22.4 Å². The van der Waals surface area contributed by atoms with Crippen LogP contribution in [-0.4, -0.2) is 20.8 Å². The van der Waals surface area contributed by atoms with E-state index in [9.17, 15) is 18.0 Å². The molecule has 0 bridgehead atoms. The average molecular weight is 512 g/mol. The number of nitrogens with zero attached hydrogens (tertiary/aromatic N) is 3. The molecule has 0 aliphatic heterocycles. The molecule has 36 heavy (non-hydrogen) atoms. The van der Waals surface area contributed by atoms with Gasteiger partial charge in [0.25, 0.3) is 0 Å². The second-order valence-electron chi connectivity index (χ2n) is 7.82. The molecule has 0 unspecified atom stereocenters. The molecule has 0 spiro atoms. The number of carbonyl (C=O) groups is 1. The number of carbonyl (C=O) groups excluding carboxylic acids is 1. The Balaban J connectivity index is 1.57. The van der Waals surface area contributed by atoms with Gasteiger partial charge < -0.3 is 10.6 Å². The van der Waals surface area contributed by atoms with Crippen molar-refractivity contribution in [2.45, 2.75) is 19.1 Å². The number of urea groups is 1. The number of aromatic nitrogens is 3. The molecule has 2 aromatic heterocycles. The molecule has 2 heterocycles. The van der Waals surface area contributed by atoms with Gasteiger partial charge in [0, 0.05) is 47.6 Å². The molecule has 2 amide bonds. The lowest BCUT2D eigenvalue weighted by molar-refractivity contribution is -0.137. The van der Waals surface area contributed by atoms with Crippen molar-refractivity contribution in [1.82, 2.24) is 14.8 Å². The summed E-state index contributed by atoms with van der Waals surface area (Å²) in [5.41, 5.74) is 2.66. The minimum absolute atomic E-state index is 0.0404. The van der Waals surface area contributed by atoms with Gasteiger partial charge in [0.1, 0.15) is 5.69 Å². The van der Waals surface area contributed by atoms with Crippen molar-refractivity contribution in [1.29, 1.82) is 0 Å². The van der Waals surface area contributed by atoms with E-state index in [1.165, 1.54) is 6.07 Å². The minimum atomic E-state index is -4.64. The SMILES string of the molecule is C=CCCn1cc(-c2ccncc2)c(-c2cccc(NC(=O)Nc3ccc(Cl)c(C(F)(F)F)c3)c2)n1. The summed E-state index contributed by atoms with van der Waals surface area (Å²) < 4.78 is 41.2. The van der Waals surface area contributed by atoms with Crippen LogP contribution in [0.2, 0.25) is 5.02 Å².